The summed E-state index contributed by atoms with van der Waals surface area (Å²) < 4.78 is 14.1. The minimum atomic E-state index is -2.64. The van der Waals surface area contributed by atoms with E-state index in [0.717, 1.165) is 0 Å². The molecule has 0 saturated heterocycles. The molecule has 0 unspecified atom stereocenters. The molecule has 0 bridgehead atoms. The molecule has 4 aromatic carbocycles. The van der Waals surface area contributed by atoms with Gasteiger partial charge in [0.05, 0.1) is 18.8 Å². The van der Waals surface area contributed by atoms with E-state index >= 15 is 0 Å². The molecule has 0 amide bonds. The Hall–Kier alpha value is -3.24. The van der Waals surface area contributed by atoms with Gasteiger partial charge in [0.2, 0.25) is 0 Å². The zero-order valence-corrected chi connectivity index (χ0v) is 24.8. The van der Waals surface area contributed by atoms with Gasteiger partial charge < -0.3 is 9.16 Å². The Morgan fingerprint density at radius 3 is 1.62 bits per heavy atom. The Morgan fingerprint density at radius 2 is 1.13 bits per heavy atom. The van der Waals surface area contributed by atoms with Crippen LogP contribution in [0.3, 0.4) is 0 Å². The third kappa shape index (κ3) is 5.72. The lowest BCUT2D eigenvalue weighted by molar-refractivity contribution is -0.0278. The predicted molar refractivity (Wildman–Crippen MR) is 165 cm³/mol. The summed E-state index contributed by atoms with van der Waals surface area (Å²) in [5.41, 5.74) is 4.99. The average molecular weight is 533 g/mol. The number of hydrogen-bond donors (Lipinski definition) is 0. The first-order valence-electron chi connectivity index (χ1n) is 14.0. The first-order chi connectivity index (χ1) is 18.8. The molecule has 200 valence electrons. The van der Waals surface area contributed by atoms with Crippen LogP contribution in [0.15, 0.2) is 121 Å². The lowest BCUT2D eigenvalue weighted by Gasteiger charge is -2.44. The van der Waals surface area contributed by atoms with Crippen LogP contribution in [-0.2, 0) is 9.16 Å². The summed E-state index contributed by atoms with van der Waals surface area (Å²) in [4.78, 5) is 0. The van der Waals surface area contributed by atoms with Gasteiger partial charge in [-0.3, -0.25) is 0 Å². The molecule has 1 aliphatic heterocycles. The highest BCUT2D eigenvalue weighted by Gasteiger charge is 2.50. The number of benzene rings is 4. The first-order valence-corrected chi connectivity index (χ1v) is 15.9. The van der Waals surface area contributed by atoms with Crippen molar-refractivity contribution in [2.24, 2.45) is 0 Å². The quantitative estimate of drug-likeness (QED) is 0.180. The molecule has 0 N–H and O–H groups in total. The first kappa shape index (κ1) is 27.3. The molecule has 0 spiro atoms. The SMILES string of the molecule is Cc1ccc([C@@H]2C=C[C@@H](CO[Si](c3ccccc3)(c3ccccc3)C(C)(C)C)O[C@H]2c2ccc(C)cc2)cc1. The van der Waals surface area contributed by atoms with E-state index in [1.54, 1.807) is 0 Å². The van der Waals surface area contributed by atoms with Crippen LogP contribution >= 0.6 is 0 Å². The van der Waals surface area contributed by atoms with Gasteiger partial charge >= 0.3 is 0 Å². The lowest BCUT2D eigenvalue weighted by Crippen LogP contribution is -2.67. The van der Waals surface area contributed by atoms with Gasteiger partial charge in [-0.05, 0) is 40.4 Å². The summed E-state index contributed by atoms with van der Waals surface area (Å²) in [6.45, 7) is 11.7. The van der Waals surface area contributed by atoms with Gasteiger partial charge in [0.25, 0.3) is 8.32 Å². The minimum absolute atomic E-state index is 0.0745. The van der Waals surface area contributed by atoms with Crippen LogP contribution in [-0.4, -0.2) is 21.0 Å². The molecule has 39 heavy (non-hydrogen) atoms. The van der Waals surface area contributed by atoms with Crippen LogP contribution in [0.2, 0.25) is 5.04 Å². The lowest BCUT2D eigenvalue weighted by atomic mass is 9.86. The normalized spacial score (nSPS) is 19.7. The average Bonchev–Trinajstić information content (AvgIpc) is 2.95. The molecule has 0 aliphatic carbocycles. The summed E-state index contributed by atoms with van der Waals surface area (Å²) in [6.07, 6.45) is 4.33. The fourth-order valence-electron chi connectivity index (χ4n) is 5.84. The molecule has 3 atom stereocenters. The van der Waals surface area contributed by atoms with E-state index in [1.807, 2.05) is 0 Å². The van der Waals surface area contributed by atoms with E-state index in [-0.39, 0.29) is 23.2 Å². The third-order valence-corrected chi connectivity index (χ3v) is 12.9. The Bertz CT molecular complexity index is 1330. The summed E-state index contributed by atoms with van der Waals surface area (Å²) in [5.74, 6) is 0.150. The standard InChI is InChI=1S/C36H40O2Si/c1-27-16-20-29(21-17-27)34-25-24-31(38-35(34)30-22-18-28(2)19-23-30)26-37-39(36(3,4)5,32-12-8-6-9-13-32)33-14-10-7-11-15-33/h6-25,31,34-35H,26H2,1-5H3/t31-,34-,35-/m0/s1. The van der Waals surface area contributed by atoms with E-state index in [1.165, 1.54) is 32.6 Å². The maximum Gasteiger partial charge on any atom is 0.261 e. The van der Waals surface area contributed by atoms with Crippen molar-refractivity contribution in [1.29, 1.82) is 0 Å². The maximum atomic E-state index is 7.23. The smallest absolute Gasteiger partial charge is 0.261 e. The molecule has 1 heterocycles. The van der Waals surface area contributed by atoms with E-state index in [2.05, 4.69) is 156 Å². The largest absolute Gasteiger partial charge is 0.404 e. The number of hydrogen-bond acceptors (Lipinski definition) is 2. The molecule has 1 aliphatic rings. The summed E-state index contributed by atoms with van der Waals surface area (Å²) in [6, 6.07) is 39.3. The van der Waals surface area contributed by atoms with Crippen LogP contribution in [0.25, 0.3) is 0 Å². The fraction of sp³-hybridized carbons (Fsp3) is 0.278. The molecule has 3 heteroatoms. The predicted octanol–water partition coefficient (Wildman–Crippen LogP) is 7.66. The zero-order chi connectivity index (χ0) is 27.5. The molecule has 2 nitrogen and oxygen atoms in total. The van der Waals surface area contributed by atoms with Crippen LogP contribution in [0.5, 0.6) is 0 Å². The maximum absolute atomic E-state index is 7.23. The van der Waals surface area contributed by atoms with Gasteiger partial charge in [-0.2, -0.15) is 0 Å². The Labute approximate surface area is 235 Å². The van der Waals surface area contributed by atoms with E-state index < -0.39 is 8.32 Å². The molecule has 0 aromatic heterocycles. The fourth-order valence-corrected chi connectivity index (χ4v) is 10.4. The third-order valence-electron chi connectivity index (χ3n) is 7.93. The summed E-state index contributed by atoms with van der Waals surface area (Å²) in [7, 11) is -2.64. The van der Waals surface area contributed by atoms with Gasteiger partial charge in [0.1, 0.15) is 0 Å². The number of ether oxygens (including phenoxy) is 1. The zero-order valence-electron chi connectivity index (χ0n) is 23.8. The molecule has 0 saturated carbocycles. The highest BCUT2D eigenvalue weighted by atomic mass is 28.4. The second-order valence-electron chi connectivity index (χ2n) is 11.8. The molecule has 0 radical (unpaired) electrons. The molecule has 4 aromatic rings. The van der Waals surface area contributed by atoms with Crippen molar-refractivity contribution < 1.29 is 9.16 Å². The number of aryl methyl sites for hydroxylation is 2. The molecular formula is C36H40O2Si. The minimum Gasteiger partial charge on any atom is -0.404 e. The monoisotopic (exact) mass is 532 g/mol. The van der Waals surface area contributed by atoms with Gasteiger partial charge in [0.15, 0.2) is 0 Å². The summed E-state index contributed by atoms with van der Waals surface area (Å²) in [5, 5.41) is 2.50. The van der Waals surface area contributed by atoms with Crippen molar-refractivity contribution in [3.05, 3.63) is 144 Å². The van der Waals surface area contributed by atoms with Crippen molar-refractivity contribution in [2.75, 3.05) is 6.61 Å². The van der Waals surface area contributed by atoms with Gasteiger partial charge in [-0.1, -0.05) is 153 Å². The number of rotatable bonds is 7. The van der Waals surface area contributed by atoms with Crippen molar-refractivity contribution >= 4 is 18.7 Å². The van der Waals surface area contributed by atoms with Crippen molar-refractivity contribution in [1.82, 2.24) is 0 Å². The Morgan fingerprint density at radius 1 is 0.641 bits per heavy atom. The van der Waals surface area contributed by atoms with Crippen molar-refractivity contribution in [3.63, 3.8) is 0 Å². The van der Waals surface area contributed by atoms with E-state index in [0.29, 0.717) is 6.61 Å². The summed E-state index contributed by atoms with van der Waals surface area (Å²) >= 11 is 0. The van der Waals surface area contributed by atoms with Crippen LogP contribution in [0.4, 0.5) is 0 Å². The van der Waals surface area contributed by atoms with Gasteiger partial charge in [-0.15, -0.1) is 0 Å². The molecule has 5 rings (SSSR count). The van der Waals surface area contributed by atoms with Crippen LogP contribution in [0, 0.1) is 13.8 Å². The highest BCUT2D eigenvalue weighted by Crippen LogP contribution is 2.41. The second-order valence-corrected chi connectivity index (χ2v) is 16.1. The molecular weight excluding hydrogens is 492 g/mol. The van der Waals surface area contributed by atoms with Crippen molar-refractivity contribution in [3.8, 4) is 0 Å². The second kappa shape index (κ2) is 11.5. The van der Waals surface area contributed by atoms with Gasteiger partial charge in [-0.25, -0.2) is 0 Å². The topological polar surface area (TPSA) is 18.5 Å². The van der Waals surface area contributed by atoms with Crippen molar-refractivity contribution in [2.45, 2.75) is 57.8 Å². The Kier molecular flexibility index (Phi) is 8.04. The molecule has 0 fully saturated rings. The van der Waals surface area contributed by atoms with Crippen LogP contribution in [0.1, 0.15) is 55.0 Å². The highest BCUT2D eigenvalue weighted by molar-refractivity contribution is 6.99. The Balaban J connectivity index is 1.50. The van der Waals surface area contributed by atoms with E-state index in [9.17, 15) is 0 Å². The van der Waals surface area contributed by atoms with E-state index in [4.69, 9.17) is 9.16 Å². The van der Waals surface area contributed by atoms with Gasteiger partial charge in [0, 0.05) is 5.92 Å². The van der Waals surface area contributed by atoms with Crippen LogP contribution < -0.4 is 10.4 Å².